The van der Waals surface area contributed by atoms with E-state index in [2.05, 4.69) is 15.6 Å². The van der Waals surface area contributed by atoms with E-state index in [1.807, 2.05) is 53.4 Å². The number of hydrogen-bond donors (Lipinski definition) is 1. The molecule has 2 saturated heterocycles. The number of nitrogens with one attached hydrogen (secondary N) is 1. The van der Waals surface area contributed by atoms with Crippen molar-refractivity contribution in [1.82, 2.24) is 9.88 Å². The van der Waals surface area contributed by atoms with E-state index in [0.29, 0.717) is 18.5 Å². The number of thiazole rings is 1. The van der Waals surface area contributed by atoms with E-state index in [1.54, 1.807) is 11.3 Å². The average Bonchev–Trinajstić information content (AvgIpc) is 3.50. The molecule has 0 spiro atoms. The van der Waals surface area contributed by atoms with Crippen molar-refractivity contribution in [2.24, 2.45) is 0 Å². The van der Waals surface area contributed by atoms with Gasteiger partial charge in [-0.1, -0.05) is 24.3 Å². The lowest BCUT2D eigenvalue weighted by Gasteiger charge is -2.26. The van der Waals surface area contributed by atoms with E-state index in [-0.39, 0.29) is 11.8 Å². The van der Waals surface area contributed by atoms with Crippen molar-refractivity contribution >= 4 is 34.0 Å². The molecule has 2 amide bonds. The Bertz CT molecular complexity index is 1120. The van der Waals surface area contributed by atoms with Crippen molar-refractivity contribution in [2.45, 2.75) is 19.4 Å². The number of carbonyl (C=O) groups excluding carboxylic acids is 2. The van der Waals surface area contributed by atoms with Gasteiger partial charge < -0.3 is 19.9 Å². The minimum absolute atomic E-state index is 0.158. The van der Waals surface area contributed by atoms with Gasteiger partial charge in [0.1, 0.15) is 0 Å². The molecule has 0 saturated carbocycles. The maximum absolute atomic E-state index is 12.7. The molecule has 3 aromatic rings. The number of hydrogen-bond acceptors (Lipinski definition) is 6. The molecular formula is C25H26N4O3S. The summed E-state index contributed by atoms with van der Waals surface area (Å²) in [5.74, 6) is 0.0463. The lowest BCUT2D eigenvalue weighted by Crippen LogP contribution is -2.36. The highest BCUT2D eigenvalue weighted by atomic mass is 32.1. The van der Waals surface area contributed by atoms with Gasteiger partial charge in [0.25, 0.3) is 5.91 Å². The Morgan fingerprint density at radius 1 is 1.03 bits per heavy atom. The van der Waals surface area contributed by atoms with E-state index >= 15 is 0 Å². The molecule has 7 nitrogen and oxygen atoms in total. The van der Waals surface area contributed by atoms with Crippen LogP contribution in [0.2, 0.25) is 0 Å². The van der Waals surface area contributed by atoms with Crippen molar-refractivity contribution in [2.75, 3.05) is 43.1 Å². The largest absolute Gasteiger partial charge is 0.378 e. The van der Waals surface area contributed by atoms with E-state index in [1.165, 1.54) is 0 Å². The molecule has 1 aromatic heterocycles. The lowest BCUT2D eigenvalue weighted by molar-refractivity contribution is -0.128. The van der Waals surface area contributed by atoms with Crippen LogP contribution in [0.25, 0.3) is 11.3 Å². The predicted octanol–water partition coefficient (Wildman–Crippen LogP) is 4.02. The first-order valence-electron chi connectivity index (χ1n) is 11.2. The zero-order chi connectivity index (χ0) is 22.6. The summed E-state index contributed by atoms with van der Waals surface area (Å²) >= 11 is 1.64. The number of amides is 2. The topological polar surface area (TPSA) is 74.8 Å². The number of aromatic nitrogens is 1. The van der Waals surface area contributed by atoms with Crippen LogP contribution in [0.4, 0.5) is 10.8 Å². The number of likely N-dealkylation sites (tertiary alicyclic amines) is 1. The second kappa shape index (κ2) is 9.72. The maximum atomic E-state index is 12.7. The molecule has 0 bridgehead atoms. The van der Waals surface area contributed by atoms with Gasteiger partial charge in [0.05, 0.1) is 18.9 Å². The lowest BCUT2D eigenvalue weighted by atomic mass is 10.1. The van der Waals surface area contributed by atoms with Crippen molar-refractivity contribution < 1.29 is 14.3 Å². The first kappa shape index (κ1) is 21.6. The standard InChI is InChI=1S/C25H26N4O3S/c30-23-2-1-11-29(23)16-18-3-5-20(6-4-18)24(31)26-21-9-7-19(8-10-21)22-17-33-25(27-22)28-12-14-32-15-13-28/h3-10,17H,1-2,11-16H2,(H,26,31). The fourth-order valence-electron chi connectivity index (χ4n) is 4.08. The van der Waals surface area contributed by atoms with Gasteiger partial charge >= 0.3 is 0 Å². The van der Waals surface area contributed by atoms with Crippen LogP contribution in [-0.2, 0) is 16.1 Å². The predicted molar refractivity (Wildman–Crippen MR) is 130 cm³/mol. The van der Waals surface area contributed by atoms with E-state index in [4.69, 9.17) is 9.72 Å². The minimum Gasteiger partial charge on any atom is -0.378 e. The zero-order valence-electron chi connectivity index (χ0n) is 18.3. The molecule has 170 valence electrons. The Labute approximate surface area is 197 Å². The number of nitrogens with zero attached hydrogens (tertiary/aromatic N) is 3. The Hall–Kier alpha value is -3.23. The maximum Gasteiger partial charge on any atom is 0.255 e. The molecule has 1 N–H and O–H groups in total. The number of morpholine rings is 1. The third-order valence-corrected chi connectivity index (χ3v) is 6.87. The molecule has 0 radical (unpaired) electrons. The molecule has 8 heteroatoms. The first-order valence-corrected chi connectivity index (χ1v) is 12.1. The fraction of sp³-hybridized carbons (Fsp3) is 0.320. The first-order chi connectivity index (χ1) is 16.2. The summed E-state index contributed by atoms with van der Waals surface area (Å²) in [7, 11) is 0. The second-order valence-corrected chi connectivity index (χ2v) is 9.10. The summed E-state index contributed by atoms with van der Waals surface area (Å²) in [6.45, 7) is 4.64. The highest BCUT2D eigenvalue weighted by Gasteiger charge is 2.20. The van der Waals surface area contributed by atoms with Crippen LogP contribution in [-0.4, -0.2) is 54.5 Å². The highest BCUT2D eigenvalue weighted by molar-refractivity contribution is 7.14. The molecule has 3 heterocycles. The number of carbonyl (C=O) groups is 2. The average molecular weight is 463 g/mol. The van der Waals surface area contributed by atoms with E-state index in [0.717, 1.165) is 66.9 Å². The zero-order valence-corrected chi connectivity index (χ0v) is 19.1. The number of ether oxygens (including phenoxy) is 1. The summed E-state index contributed by atoms with van der Waals surface area (Å²) in [5.41, 5.74) is 4.31. The van der Waals surface area contributed by atoms with Crippen molar-refractivity contribution in [3.05, 3.63) is 65.0 Å². The molecule has 0 atom stereocenters. The molecular weight excluding hydrogens is 436 g/mol. The number of rotatable bonds is 6. The summed E-state index contributed by atoms with van der Waals surface area (Å²) in [4.78, 5) is 33.3. The van der Waals surface area contributed by atoms with Crippen LogP contribution >= 0.6 is 11.3 Å². The van der Waals surface area contributed by atoms with E-state index in [9.17, 15) is 9.59 Å². The van der Waals surface area contributed by atoms with Crippen LogP contribution in [0.5, 0.6) is 0 Å². The molecule has 2 aliphatic heterocycles. The van der Waals surface area contributed by atoms with Gasteiger partial charge in [0.2, 0.25) is 5.91 Å². The SMILES string of the molecule is O=C(Nc1ccc(-c2csc(N3CCOCC3)n2)cc1)c1ccc(CN2CCCC2=O)cc1. The molecule has 33 heavy (non-hydrogen) atoms. The smallest absolute Gasteiger partial charge is 0.255 e. The van der Waals surface area contributed by atoms with Gasteiger partial charge in [-0.2, -0.15) is 0 Å². The van der Waals surface area contributed by atoms with E-state index < -0.39 is 0 Å². The molecule has 2 fully saturated rings. The third-order valence-electron chi connectivity index (χ3n) is 5.97. The Morgan fingerprint density at radius 2 is 1.79 bits per heavy atom. The second-order valence-electron chi connectivity index (χ2n) is 8.26. The normalized spacial score (nSPS) is 16.3. The van der Waals surface area contributed by atoms with Gasteiger partial charge in [-0.25, -0.2) is 4.98 Å². The Morgan fingerprint density at radius 3 is 2.48 bits per heavy atom. The van der Waals surface area contributed by atoms with Crippen LogP contribution in [0.3, 0.4) is 0 Å². The van der Waals surface area contributed by atoms with Gasteiger partial charge in [-0.3, -0.25) is 9.59 Å². The molecule has 2 aliphatic rings. The fourth-order valence-corrected chi connectivity index (χ4v) is 4.97. The molecule has 0 aliphatic carbocycles. The third kappa shape index (κ3) is 5.07. The van der Waals surface area contributed by atoms with Crippen LogP contribution in [0.1, 0.15) is 28.8 Å². The van der Waals surface area contributed by atoms with Crippen LogP contribution in [0, 0.1) is 0 Å². The Kier molecular flexibility index (Phi) is 6.37. The summed E-state index contributed by atoms with van der Waals surface area (Å²) in [6, 6.07) is 15.2. The molecule has 5 rings (SSSR count). The van der Waals surface area contributed by atoms with Crippen molar-refractivity contribution in [1.29, 1.82) is 0 Å². The van der Waals surface area contributed by atoms with Gasteiger partial charge in [0, 0.05) is 54.8 Å². The van der Waals surface area contributed by atoms with Crippen LogP contribution < -0.4 is 10.2 Å². The number of anilines is 2. The monoisotopic (exact) mass is 462 g/mol. The van der Waals surface area contributed by atoms with Gasteiger partial charge in [-0.15, -0.1) is 11.3 Å². The van der Waals surface area contributed by atoms with Crippen LogP contribution in [0.15, 0.2) is 53.9 Å². The van der Waals surface area contributed by atoms with Crippen molar-refractivity contribution in [3.8, 4) is 11.3 Å². The molecule has 2 aromatic carbocycles. The van der Waals surface area contributed by atoms with Gasteiger partial charge in [0.15, 0.2) is 5.13 Å². The molecule has 0 unspecified atom stereocenters. The summed E-state index contributed by atoms with van der Waals surface area (Å²) < 4.78 is 5.41. The summed E-state index contributed by atoms with van der Waals surface area (Å²) in [5, 5.41) is 6.03. The van der Waals surface area contributed by atoms with Crippen molar-refractivity contribution in [3.63, 3.8) is 0 Å². The number of benzene rings is 2. The highest BCUT2D eigenvalue weighted by Crippen LogP contribution is 2.28. The quantitative estimate of drug-likeness (QED) is 0.599. The summed E-state index contributed by atoms with van der Waals surface area (Å²) in [6.07, 6.45) is 1.56. The minimum atomic E-state index is -0.158. The van der Waals surface area contributed by atoms with Gasteiger partial charge in [-0.05, 0) is 36.2 Å². The Balaban J connectivity index is 1.19.